The number of amides is 2. The number of ether oxygens (including phenoxy) is 2. The van der Waals surface area contributed by atoms with Crippen LogP contribution < -0.4 is 51.6 Å². The van der Waals surface area contributed by atoms with Gasteiger partial charge in [-0.25, -0.2) is 9.59 Å². The third-order valence-corrected chi connectivity index (χ3v) is 28.7. The van der Waals surface area contributed by atoms with Crippen LogP contribution in [0.25, 0.3) is 18.2 Å². The first-order valence-corrected chi connectivity index (χ1v) is 48.0. The van der Waals surface area contributed by atoms with Gasteiger partial charge in [0.25, 0.3) is 22.7 Å². The first-order chi connectivity index (χ1) is 67.1. The Balaban J connectivity index is 0.000000418. The van der Waals surface area contributed by atoms with Crippen molar-refractivity contribution < 1.29 is 113 Å². The molecule has 11 N–H and O–H groups in total. The number of benzene rings is 9. The van der Waals surface area contributed by atoms with Crippen LogP contribution in [0.3, 0.4) is 0 Å². The Labute approximate surface area is 842 Å². The van der Waals surface area contributed by atoms with Crippen LogP contribution in [0.5, 0.6) is 0 Å². The Morgan fingerprint density at radius 1 is 0.430 bits per heavy atom. The van der Waals surface area contributed by atoms with Crippen molar-refractivity contribution >= 4 is 125 Å². The van der Waals surface area contributed by atoms with E-state index in [2.05, 4.69) is 46.7 Å². The molecule has 5 saturated heterocycles. The topological polar surface area (TPSA) is 528 Å². The van der Waals surface area contributed by atoms with Crippen LogP contribution in [0.1, 0.15) is 70.8 Å². The van der Waals surface area contributed by atoms with Gasteiger partial charge in [0.1, 0.15) is 6.29 Å². The van der Waals surface area contributed by atoms with E-state index in [0.717, 1.165) is 188 Å². The number of nitrogens with zero attached hydrogens (tertiary/aromatic N) is 11. The molecule has 5 aliphatic rings. The standard InChI is InChI=1S/C21H19O2P.C15H19N3O4.C15H23N3O2.C15H25N3O.C10H9NO4.C9H7NO4.C7H5NO3.C6H14N2O.C4H8O.B.Li.H2O/c1-18(23)24(17-22,19-11-5-2-6-12-19,20-13-7-3-8-14-20)21-15-9-4-10-16-21;19-12-11-16-7-9-17(10-8-16)15(20)6-3-13-1-4-14(5-2-13)18(21)22;16-14-4-1-13(2-5-14)3-6-15(20)18-9-7-17(8-10-18)11-12-19;16-15-5-3-14(4-6-15)2-1-7-17-8-10-18(11-9-17)12-13-19;1-15-10(12)7-4-8-2-5-9(6-3-8)11(13)14;11-9(12)6-3-7-1-4-8(5-2-7)10(13)14;9-5-6-1-3-7(4-2-6)8(10)11;9-6-5-8-3-1-7-2-4-8;1-2-4-5-3-1;;;/h2-17H,1H3;1-6,19H,7-12H2;1-2,4-5,19H,3,6-12,16H2;3-6,19H,1-2,7-13,16H2;2-7H,1H3;1-6H,(H,11,12);1-5H;7,9H,1-6H2;1-4H2;;;1H2/q;;;;;;;;;;+1;/p-1/b;6-3+;;;7-4+;6-3+;;;;;;. The number of carbonyl (C=O) groups excluding carboxylic acids is 6. The van der Waals surface area contributed by atoms with E-state index in [1.807, 2.05) is 132 Å². The number of aliphatic carboxylic acids is 1. The van der Waals surface area contributed by atoms with Gasteiger partial charge in [-0.05, 0) is 157 Å². The number of nitrogens with two attached hydrogens (primary N) is 2. The molecule has 755 valence electrons. The number of piperazine rings is 4. The normalized spacial score (nSPS) is 14.4. The van der Waals surface area contributed by atoms with Gasteiger partial charge in [-0.3, -0.25) is 74.4 Å². The summed E-state index contributed by atoms with van der Waals surface area (Å²) in [6.45, 7) is 19.5. The minimum absolute atomic E-state index is 0. The predicted molar refractivity (Wildman–Crippen MR) is 550 cm³/mol. The van der Waals surface area contributed by atoms with Gasteiger partial charge in [0.05, 0.1) is 53.2 Å². The molecule has 0 aromatic heterocycles. The van der Waals surface area contributed by atoms with E-state index in [1.54, 1.807) is 42.2 Å². The molecule has 5 heterocycles. The number of aldehydes is 1. The van der Waals surface area contributed by atoms with Crippen molar-refractivity contribution in [3.05, 3.63) is 329 Å². The SMILES string of the molecule is C1CCOC1.CC(=O)P(C=O)(c1ccccc1)(c1ccccc1)c1ccccc1.COC(=O)/C=C/c1ccc([N+](=O)[O-])cc1.Nc1ccc(CCC(=O)N2CCN(CCO)CC2)cc1.Nc1ccc(CCCN2CCN(CCO)CC2)cc1.O=C(/C=C/c1ccc([N+](=O)[O-])cc1)N1CCN(CCO)CC1.O=C(O)/C=C/c1ccc([N+](=O)[O-])cc1.O=Cc1ccc([N+](=O)[O-])cc1.OCCN1CCNCC1.[B].[Li+].[OH-]. The molecular weight excluding hydrogens is 1840 g/mol. The second-order valence-electron chi connectivity index (χ2n) is 32.2. The number of esters is 1. The van der Waals surface area contributed by atoms with Crippen molar-refractivity contribution in [2.75, 3.05) is 196 Å². The molecule has 9 aromatic rings. The molecular formula is C102H130BLiN14O23P. The van der Waals surface area contributed by atoms with Crippen molar-refractivity contribution in [2.24, 2.45) is 0 Å². The second kappa shape index (κ2) is 68.9. The molecule has 5 aliphatic heterocycles. The number of carbonyl (C=O) groups is 7. The summed E-state index contributed by atoms with van der Waals surface area (Å²) in [6.07, 6.45) is 15.1. The third-order valence-electron chi connectivity index (χ3n) is 22.8. The molecule has 0 saturated carbocycles. The molecule has 5 fully saturated rings. The summed E-state index contributed by atoms with van der Waals surface area (Å²) in [4.78, 5) is 136. The number of methoxy groups -OCH3 is 1. The smallest absolute Gasteiger partial charge is 0.870 e. The average Bonchev–Trinajstić information content (AvgIpc) is 0.738. The number of anilines is 2. The van der Waals surface area contributed by atoms with E-state index in [9.17, 15) is 74.0 Å². The number of aliphatic hydroxyl groups excluding tert-OH is 4. The number of nitrogens with one attached hydrogen (secondary N) is 1. The average molecular weight is 1970 g/mol. The summed E-state index contributed by atoms with van der Waals surface area (Å²) in [5.74, 6) is -1.37. The molecule has 0 aliphatic carbocycles. The van der Waals surface area contributed by atoms with Gasteiger partial charge in [-0.2, -0.15) is 0 Å². The van der Waals surface area contributed by atoms with Crippen molar-refractivity contribution in [1.29, 1.82) is 0 Å². The Morgan fingerprint density at radius 3 is 1.06 bits per heavy atom. The number of aliphatic hydroxyl groups is 4. The number of carboxylic acids is 1. The van der Waals surface area contributed by atoms with Gasteiger partial charge in [0.15, 0.2) is 0 Å². The first kappa shape index (κ1) is 123. The fraction of sp³-hybridized carbons (Fsp3) is 0.343. The zero-order valence-corrected chi connectivity index (χ0v) is 81.6. The molecule has 2 amide bonds. The Kier molecular flexibility index (Phi) is 59.7. The summed E-state index contributed by atoms with van der Waals surface area (Å²) in [6, 6.07) is 68.1. The van der Waals surface area contributed by atoms with Gasteiger partial charge in [-0.1, -0.05) is 24.3 Å². The van der Waals surface area contributed by atoms with E-state index in [-0.39, 0.29) is 92.7 Å². The fourth-order valence-corrected chi connectivity index (χ4v) is 19.7. The molecule has 14 rings (SSSR count). The molecule has 40 heteroatoms. The van der Waals surface area contributed by atoms with E-state index < -0.39 is 38.2 Å². The summed E-state index contributed by atoms with van der Waals surface area (Å²) in [5.41, 5.74) is 17.8. The van der Waals surface area contributed by atoms with Crippen LogP contribution in [0, 0.1) is 40.5 Å². The maximum atomic E-state index is 13.2. The first-order valence-electron chi connectivity index (χ1n) is 45.7. The summed E-state index contributed by atoms with van der Waals surface area (Å²) in [7, 11) is 1.28. The quantitative estimate of drug-likeness (QED) is 0.00353. The van der Waals surface area contributed by atoms with Gasteiger partial charge in [-0.15, -0.1) is 0 Å². The monoisotopic (exact) mass is 1970 g/mol. The second-order valence-corrected chi connectivity index (χ2v) is 36.9. The van der Waals surface area contributed by atoms with Crippen LogP contribution in [-0.2, 0) is 51.1 Å². The van der Waals surface area contributed by atoms with Gasteiger partial charge < -0.3 is 72.0 Å². The van der Waals surface area contributed by atoms with Crippen molar-refractivity contribution in [3.8, 4) is 0 Å². The Hall–Kier alpha value is -13.1. The van der Waals surface area contributed by atoms with E-state index in [4.69, 9.17) is 41.7 Å². The number of rotatable bonds is 31. The van der Waals surface area contributed by atoms with Crippen molar-refractivity contribution in [1.82, 2.24) is 39.6 Å². The Bertz CT molecular complexity index is 5190. The number of carboxylic acid groups (broad SMARTS) is 1. The van der Waals surface area contributed by atoms with Crippen LogP contribution in [0.4, 0.5) is 34.1 Å². The minimum Gasteiger partial charge on any atom is -0.870 e. The maximum Gasteiger partial charge on any atom is 1.00 e. The number of hydrogen-bond acceptors (Lipinski definition) is 30. The summed E-state index contributed by atoms with van der Waals surface area (Å²) in [5, 5.41) is 90.4. The number of nitro benzene ring substituents is 4. The van der Waals surface area contributed by atoms with E-state index in [0.29, 0.717) is 62.2 Å². The molecule has 142 heavy (non-hydrogen) atoms. The van der Waals surface area contributed by atoms with Crippen molar-refractivity contribution in [2.45, 2.75) is 45.4 Å². The largest absolute Gasteiger partial charge is 1.00 e. The number of hydrogen-bond donors (Lipinski definition) is 8. The number of β-amino-alcohol motifs (C(OH)–C–C–N with tert-alkyl or cyclic N) is 4. The number of nitro groups is 4. The zero-order chi connectivity index (χ0) is 101. The number of aryl methyl sites for hydroxylation is 2. The van der Waals surface area contributed by atoms with Gasteiger partial charge in [0.2, 0.25) is 11.8 Å². The van der Waals surface area contributed by atoms with Crippen LogP contribution in [0.15, 0.2) is 255 Å². The molecule has 37 nitrogen and oxygen atoms in total. The summed E-state index contributed by atoms with van der Waals surface area (Å²) < 4.78 is 9.34. The van der Waals surface area contributed by atoms with E-state index in [1.165, 1.54) is 129 Å². The number of non-ortho nitro benzene ring substituents is 4. The fourth-order valence-electron chi connectivity index (χ4n) is 14.9. The van der Waals surface area contributed by atoms with E-state index >= 15 is 0 Å². The van der Waals surface area contributed by atoms with Crippen LogP contribution in [0.2, 0.25) is 0 Å². The number of nitrogen functional groups attached to an aromatic ring is 2. The van der Waals surface area contributed by atoms with Gasteiger partial charge >= 0.3 is 172 Å². The molecule has 0 spiro atoms. The van der Waals surface area contributed by atoms with Crippen LogP contribution >= 0.6 is 6.60 Å². The van der Waals surface area contributed by atoms with Crippen molar-refractivity contribution in [3.63, 3.8) is 0 Å². The molecule has 0 unspecified atom stereocenters. The maximum absolute atomic E-state index is 13.2. The predicted octanol–water partition coefficient (Wildman–Crippen LogP) is 6.15. The minimum atomic E-state index is -3.85. The van der Waals surface area contributed by atoms with Crippen LogP contribution in [-0.4, -0.2) is 319 Å². The molecule has 0 bridgehead atoms. The Morgan fingerprint density at radius 2 is 0.746 bits per heavy atom. The molecule has 9 aromatic carbocycles. The zero-order valence-electron chi connectivity index (χ0n) is 80.7. The molecule has 3 radical (unpaired) electrons. The van der Waals surface area contributed by atoms with Gasteiger partial charge in [0, 0.05) is 243 Å². The summed E-state index contributed by atoms with van der Waals surface area (Å²) >= 11 is 0. The molecule has 0 atom stereocenters. The third kappa shape index (κ3) is 43.2.